The second-order valence-electron chi connectivity index (χ2n) is 3.75. The number of hydrogen-bond acceptors (Lipinski definition) is 3. The van der Waals surface area contributed by atoms with Crippen LogP contribution in [0.5, 0.6) is 5.75 Å². The number of benzene rings is 1. The molecule has 0 aliphatic heterocycles. The first kappa shape index (κ1) is 14.3. The number of anilines is 1. The van der Waals surface area contributed by atoms with Gasteiger partial charge in [0.05, 0.1) is 10.0 Å². The molecule has 0 atom stereocenters. The Labute approximate surface area is 126 Å². The zero-order valence-electron chi connectivity index (χ0n) is 10.1. The number of pyridine rings is 1. The molecular weight excluding hydrogens is 307 g/mol. The van der Waals surface area contributed by atoms with Gasteiger partial charge in [-0.1, -0.05) is 40.9 Å². The van der Waals surface area contributed by atoms with Crippen molar-refractivity contribution < 1.29 is 4.74 Å². The number of hydrogen-bond donors (Lipinski definition) is 1. The van der Waals surface area contributed by atoms with E-state index in [2.05, 4.69) is 10.3 Å². The van der Waals surface area contributed by atoms with E-state index in [1.807, 2.05) is 12.1 Å². The zero-order chi connectivity index (χ0) is 13.8. The van der Waals surface area contributed by atoms with Crippen LogP contribution in [0.3, 0.4) is 0 Å². The lowest BCUT2D eigenvalue weighted by atomic mass is 10.2. The molecule has 0 bridgehead atoms. The molecule has 0 unspecified atom stereocenters. The van der Waals surface area contributed by atoms with E-state index in [0.29, 0.717) is 27.4 Å². The summed E-state index contributed by atoms with van der Waals surface area (Å²) in [4.78, 5) is 4.19. The minimum Gasteiger partial charge on any atom is -0.486 e. The van der Waals surface area contributed by atoms with E-state index in [9.17, 15) is 0 Å². The molecule has 0 aliphatic carbocycles. The van der Waals surface area contributed by atoms with Crippen LogP contribution in [0.4, 0.5) is 5.82 Å². The first-order chi connectivity index (χ1) is 9.11. The van der Waals surface area contributed by atoms with Crippen molar-refractivity contribution in [2.24, 2.45) is 0 Å². The molecule has 1 heterocycles. The van der Waals surface area contributed by atoms with Gasteiger partial charge in [-0.05, 0) is 18.2 Å². The molecule has 2 rings (SSSR count). The molecular formula is C13H11Cl3N2O. The summed E-state index contributed by atoms with van der Waals surface area (Å²) in [6.45, 7) is 0.311. The van der Waals surface area contributed by atoms with Crippen LogP contribution in [0.1, 0.15) is 5.56 Å². The average molecular weight is 318 g/mol. The summed E-state index contributed by atoms with van der Waals surface area (Å²) in [6, 6.07) is 6.93. The monoisotopic (exact) mass is 316 g/mol. The van der Waals surface area contributed by atoms with E-state index in [1.165, 1.54) is 0 Å². The second-order valence-corrected chi connectivity index (χ2v) is 5.00. The van der Waals surface area contributed by atoms with E-state index in [4.69, 9.17) is 39.5 Å². The third-order valence-corrected chi connectivity index (χ3v) is 3.24. The van der Waals surface area contributed by atoms with Crippen molar-refractivity contribution in [2.45, 2.75) is 6.61 Å². The molecule has 100 valence electrons. The molecule has 0 fully saturated rings. The Kier molecular flexibility index (Phi) is 4.75. The molecule has 3 nitrogen and oxygen atoms in total. The maximum absolute atomic E-state index is 6.05. The van der Waals surface area contributed by atoms with Crippen molar-refractivity contribution in [3.8, 4) is 5.75 Å². The van der Waals surface area contributed by atoms with Crippen LogP contribution >= 0.6 is 34.8 Å². The Morgan fingerprint density at radius 3 is 2.53 bits per heavy atom. The zero-order valence-corrected chi connectivity index (χ0v) is 12.4. The molecule has 0 spiro atoms. The lowest BCUT2D eigenvalue weighted by Crippen LogP contribution is -2.02. The molecule has 2 aromatic rings. The molecule has 6 heteroatoms. The fourth-order valence-electron chi connectivity index (χ4n) is 1.60. The van der Waals surface area contributed by atoms with Crippen molar-refractivity contribution in [1.82, 2.24) is 4.98 Å². The first-order valence-electron chi connectivity index (χ1n) is 5.51. The highest BCUT2D eigenvalue weighted by Gasteiger charge is 2.10. The minimum atomic E-state index is 0.311. The van der Waals surface area contributed by atoms with Crippen molar-refractivity contribution in [3.63, 3.8) is 0 Å². The van der Waals surface area contributed by atoms with E-state index in [-0.39, 0.29) is 0 Å². The first-order valence-corrected chi connectivity index (χ1v) is 6.64. The molecule has 1 aromatic carbocycles. The summed E-state index contributed by atoms with van der Waals surface area (Å²) in [6.07, 6.45) is 1.71. The SMILES string of the molecule is CNc1ncccc1COc1c(Cl)cc(Cl)cc1Cl. The Balaban J connectivity index is 2.19. The average Bonchev–Trinajstić information content (AvgIpc) is 2.38. The third-order valence-electron chi connectivity index (χ3n) is 2.46. The third kappa shape index (κ3) is 3.44. The van der Waals surface area contributed by atoms with E-state index in [0.717, 1.165) is 11.4 Å². The van der Waals surface area contributed by atoms with Crippen LogP contribution in [-0.4, -0.2) is 12.0 Å². The second kappa shape index (κ2) is 6.33. The maximum atomic E-state index is 6.05. The van der Waals surface area contributed by atoms with Gasteiger partial charge in [-0.25, -0.2) is 4.98 Å². The topological polar surface area (TPSA) is 34.2 Å². The highest BCUT2D eigenvalue weighted by molar-refractivity contribution is 6.40. The van der Waals surface area contributed by atoms with Gasteiger partial charge in [-0.2, -0.15) is 0 Å². The molecule has 0 saturated carbocycles. The summed E-state index contributed by atoms with van der Waals surface area (Å²) >= 11 is 17.9. The summed E-state index contributed by atoms with van der Waals surface area (Å²) in [5.74, 6) is 1.17. The number of rotatable bonds is 4. The van der Waals surface area contributed by atoms with Gasteiger partial charge in [0.1, 0.15) is 12.4 Å². The van der Waals surface area contributed by atoms with Crippen molar-refractivity contribution in [1.29, 1.82) is 0 Å². The van der Waals surface area contributed by atoms with Gasteiger partial charge in [0, 0.05) is 23.8 Å². The van der Waals surface area contributed by atoms with E-state index < -0.39 is 0 Å². The Hall–Kier alpha value is -1.16. The lowest BCUT2D eigenvalue weighted by Gasteiger charge is -2.12. The Morgan fingerprint density at radius 1 is 1.21 bits per heavy atom. The number of ether oxygens (including phenoxy) is 1. The molecule has 0 amide bonds. The van der Waals surface area contributed by atoms with Crippen molar-refractivity contribution in [2.75, 3.05) is 12.4 Å². The number of halogens is 3. The van der Waals surface area contributed by atoms with Crippen LogP contribution in [0.15, 0.2) is 30.5 Å². The van der Waals surface area contributed by atoms with Gasteiger partial charge >= 0.3 is 0 Å². The molecule has 0 saturated heterocycles. The van der Waals surface area contributed by atoms with Crippen LogP contribution in [-0.2, 0) is 6.61 Å². The van der Waals surface area contributed by atoms with Crippen LogP contribution < -0.4 is 10.1 Å². The quantitative estimate of drug-likeness (QED) is 0.890. The number of aromatic nitrogens is 1. The predicted octanol–water partition coefficient (Wildman–Crippen LogP) is 4.66. The van der Waals surface area contributed by atoms with Crippen LogP contribution in [0, 0.1) is 0 Å². The predicted molar refractivity (Wildman–Crippen MR) is 79.6 cm³/mol. The van der Waals surface area contributed by atoms with Gasteiger partial charge in [0.2, 0.25) is 0 Å². The fourth-order valence-corrected chi connectivity index (χ4v) is 2.52. The molecule has 0 radical (unpaired) electrons. The summed E-state index contributed by atoms with van der Waals surface area (Å²) in [5, 5.41) is 4.23. The molecule has 19 heavy (non-hydrogen) atoms. The van der Waals surface area contributed by atoms with Gasteiger partial charge in [-0.3, -0.25) is 0 Å². The standard InChI is InChI=1S/C13H11Cl3N2O/c1-17-13-8(3-2-4-18-13)7-19-12-10(15)5-9(14)6-11(12)16/h2-6H,7H2,1H3,(H,17,18). The van der Waals surface area contributed by atoms with Gasteiger partial charge < -0.3 is 10.1 Å². The van der Waals surface area contributed by atoms with Crippen molar-refractivity contribution >= 4 is 40.6 Å². The van der Waals surface area contributed by atoms with E-state index in [1.54, 1.807) is 25.4 Å². The molecule has 0 aliphatic rings. The lowest BCUT2D eigenvalue weighted by molar-refractivity contribution is 0.307. The van der Waals surface area contributed by atoms with Crippen molar-refractivity contribution in [3.05, 3.63) is 51.1 Å². The van der Waals surface area contributed by atoms with Crippen LogP contribution in [0.25, 0.3) is 0 Å². The molecule has 1 aromatic heterocycles. The number of nitrogens with zero attached hydrogens (tertiary/aromatic N) is 1. The fraction of sp³-hybridized carbons (Fsp3) is 0.154. The minimum absolute atomic E-state index is 0.311. The normalized spacial score (nSPS) is 10.3. The summed E-state index contributed by atoms with van der Waals surface area (Å²) < 4.78 is 5.65. The largest absolute Gasteiger partial charge is 0.486 e. The van der Waals surface area contributed by atoms with Gasteiger partial charge in [-0.15, -0.1) is 0 Å². The maximum Gasteiger partial charge on any atom is 0.157 e. The van der Waals surface area contributed by atoms with Gasteiger partial charge in [0.25, 0.3) is 0 Å². The highest BCUT2D eigenvalue weighted by atomic mass is 35.5. The molecule has 1 N–H and O–H groups in total. The Morgan fingerprint density at radius 2 is 1.89 bits per heavy atom. The Bertz CT molecular complexity index is 567. The summed E-state index contributed by atoms with van der Waals surface area (Å²) in [7, 11) is 1.80. The van der Waals surface area contributed by atoms with E-state index >= 15 is 0 Å². The van der Waals surface area contributed by atoms with Crippen LogP contribution in [0.2, 0.25) is 15.1 Å². The number of nitrogens with one attached hydrogen (secondary N) is 1. The summed E-state index contributed by atoms with van der Waals surface area (Å²) in [5.41, 5.74) is 0.909. The van der Waals surface area contributed by atoms with Gasteiger partial charge in [0.15, 0.2) is 5.75 Å². The smallest absolute Gasteiger partial charge is 0.157 e. The highest BCUT2D eigenvalue weighted by Crippen LogP contribution is 2.36.